The van der Waals surface area contributed by atoms with E-state index in [0.717, 1.165) is 55.3 Å². The summed E-state index contributed by atoms with van der Waals surface area (Å²) in [5.74, 6) is 4.35. The van der Waals surface area contributed by atoms with Gasteiger partial charge in [0.25, 0.3) is 0 Å². The molecule has 4 aliphatic carbocycles. The molecule has 0 saturated heterocycles. The highest BCUT2D eigenvalue weighted by Gasteiger charge is 2.67. The van der Waals surface area contributed by atoms with Crippen LogP contribution in [0.25, 0.3) is 0 Å². The Hall–Kier alpha value is -0.590. The molecule has 0 N–H and O–H groups in total. The lowest BCUT2D eigenvalue weighted by atomic mass is 9.39. The van der Waals surface area contributed by atoms with E-state index in [1.807, 2.05) is 0 Å². The summed E-state index contributed by atoms with van der Waals surface area (Å²) in [5.41, 5.74) is 0.292. The van der Waals surface area contributed by atoms with Gasteiger partial charge in [-0.2, -0.15) is 5.26 Å². The Kier molecular flexibility index (Phi) is 7.05. The van der Waals surface area contributed by atoms with Gasteiger partial charge in [-0.15, -0.1) is 0 Å². The first-order valence-corrected chi connectivity index (χ1v) is 14.1. The predicted octanol–water partition coefficient (Wildman–Crippen LogP) is 7.99. The number of fused-ring (bicyclic) bond motifs is 5. The number of nitrogens with zero attached hydrogens (tertiary/aromatic N) is 1. The van der Waals surface area contributed by atoms with Crippen LogP contribution in [0.5, 0.6) is 0 Å². The molecule has 4 fully saturated rings. The van der Waals surface area contributed by atoms with Crippen LogP contribution < -0.4 is 0 Å². The smallest absolute Gasteiger partial charge is 0.169 e. The highest BCUT2D eigenvalue weighted by Crippen LogP contribution is 2.72. The molecule has 3 nitrogen and oxygen atoms in total. The molecule has 188 valence electrons. The first-order chi connectivity index (χ1) is 15.6. The second-order valence-electron chi connectivity index (χ2n) is 13.6. The zero-order chi connectivity index (χ0) is 24.1. The molecule has 0 heterocycles. The van der Waals surface area contributed by atoms with E-state index in [2.05, 4.69) is 40.7 Å². The van der Waals surface area contributed by atoms with Crippen LogP contribution in [0.4, 0.5) is 0 Å². The fourth-order valence-electron chi connectivity index (χ4n) is 9.93. The monoisotopic (exact) mass is 457 g/mol. The third-order valence-electron chi connectivity index (χ3n) is 12.0. The van der Waals surface area contributed by atoms with E-state index in [1.165, 1.54) is 51.4 Å². The molecule has 0 aromatic heterocycles. The molecule has 0 spiro atoms. The maximum absolute atomic E-state index is 10.6. The van der Waals surface area contributed by atoms with Crippen molar-refractivity contribution in [2.45, 2.75) is 117 Å². The van der Waals surface area contributed by atoms with Gasteiger partial charge >= 0.3 is 0 Å². The van der Waals surface area contributed by atoms with Gasteiger partial charge in [0.15, 0.2) is 5.79 Å². The van der Waals surface area contributed by atoms with Gasteiger partial charge in [0.1, 0.15) is 0 Å². The number of methoxy groups -OCH3 is 2. The van der Waals surface area contributed by atoms with Crippen molar-refractivity contribution in [1.82, 2.24) is 0 Å². The number of rotatable bonds is 7. The normalized spacial score (nSPS) is 45.1. The summed E-state index contributed by atoms with van der Waals surface area (Å²) in [4.78, 5) is 0. The standard InChI is InChI=1S/C30H51NO2/c1-21(2)9-8-10-22(3)24-11-12-25-23-13-16-29(20-31)19-30(32-6,33-7)18-17-28(29,5)26(23)14-15-27(24,25)4/h21-26H,8-19H2,1-7H3/t22-,23+,24-,25+,26+,27-,28-,29?/m1/s1. The molecule has 0 bridgehead atoms. The minimum Gasteiger partial charge on any atom is -0.353 e. The first-order valence-electron chi connectivity index (χ1n) is 14.1. The Morgan fingerprint density at radius 2 is 1.61 bits per heavy atom. The topological polar surface area (TPSA) is 42.2 Å². The van der Waals surface area contributed by atoms with Crippen molar-refractivity contribution < 1.29 is 9.47 Å². The molecular formula is C30H51NO2. The summed E-state index contributed by atoms with van der Waals surface area (Å²) in [6.45, 7) is 12.4. The van der Waals surface area contributed by atoms with Gasteiger partial charge in [0, 0.05) is 27.1 Å². The Morgan fingerprint density at radius 1 is 0.879 bits per heavy atom. The van der Waals surface area contributed by atoms with Gasteiger partial charge in [-0.1, -0.05) is 53.9 Å². The SMILES string of the molecule is COC1(OC)CC[C@]2(C)[C@H]3CC[C@]4(C)[C@@H]([C@H](C)CCCC(C)C)CC[C@H]4[C@@H]3CCC2(C#N)C1. The van der Waals surface area contributed by atoms with Gasteiger partial charge in [-0.05, 0) is 91.3 Å². The van der Waals surface area contributed by atoms with E-state index in [4.69, 9.17) is 9.47 Å². The van der Waals surface area contributed by atoms with Crippen molar-refractivity contribution in [1.29, 1.82) is 5.26 Å². The van der Waals surface area contributed by atoms with Crippen molar-refractivity contribution in [3.8, 4) is 6.07 Å². The molecule has 0 amide bonds. The molecule has 0 aliphatic heterocycles. The second kappa shape index (κ2) is 9.13. The van der Waals surface area contributed by atoms with Crippen LogP contribution in [0.15, 0.2) is 0 Å². The van der Waals surface area contributed by atoms with Crippen LogP contribution in [-0.4, -0.2) is 20.0 Å². The Balaban J connectivity index is 1.54. The van der Waals surface area contributed by atoms with Crippen LogP contribution in [0.1, 0.15) is 112 Å². The summed E-state index contributed by atoms with van der Waals surface area (Å²) >= 11 is 0. The molecule has 3 heteroatoms. The van der Waals surface area contributed by atoms with Crippen molar-refractivity contribution in [2.24, 2.45) is 51.8 Å². The summed E-state index contributed by atoms with van der Waals surface area (Å²) < 4.78 is 11.8. The molecule has 4 aliphatic rings. The van der Waals surface area contributed by atoms with Crippen LogP contribution in [0, 0.1) is 63.1 Å². The molecule has 1 unspecified atom stereocenters. The second-order valence-corrected chi connectivity index (χ2v) is 13.6. The average molecular weight is 458 g/mol. The maximum atomic E-state index is 10.6. The van der Waals surface area contributed by atoms with E-state index >= 15 is 0 Å². The van der Waals surface area contributed by atoms with Crippen molar-refractivity contribution in [3.63, 3.8) is 0 Å². The number of nitriles is 1. The lowest BCUT2D eigenvalue weighted by Crippen LogP contribution is -2.61. The highest BCUT2D eigenvalue weighted by atomic mass is 16.7. The van der Waals surface area contributed by atoms with Gasteiger partial charge < -0.3 is 9.47 Å². The Morgan fingerprint density at radius 3 is 2.24 bits per heavy atom. The minimum atomic E-state index is -0.574. The maximum Gasteiger partial charge on any atom is 0.169 e. The molecule has 33 heavy (non-hydrogen) atoms. The van der Waals surface area contributed by atoms with E-state index in [9.17, 15) is 5.26 Å². The Labute approximate surface area is 204 Å². The minimum absolute atomic E-state index is 0.0908. The van der Waals surface area contributed by atoms with Gasteiger partial charge in [-0.25, -0.2) is 0 Å². The van der Waals surface area contributed by atoms with E-state index < -0.39 is 5.79 Å². The van der Waals surface area contributed by atoms with Crippen molar-refractivity contribution in [2.75, 3.05) is 14.2 Å². The zero-order valence-electron chi connectivity index (χ0n) is 22.7. The number of hydrogen-bond acceptors (Lipinski definition) is 3. The third kappa shape index (κ3) is 3.91. The fourth-order valence-corrected chi connectivity index (χ4v) is 9.93. The van der Waals surface area contributed by atoms with Gasteiger partial charge in [0.05, 0.1) is 11.5 Å². The highest BCUT2D eigenvalue weighted by molar-refractivity contribution is 5.20. The van der Waals surface area contributed by atoms with Crippen molar-refractivity contribution in [3.05, 3.63) is 0 Å². The van der Waals surface area contributed by atoms with E-state index in [1.54, 1.807) is 14.2 Å². The number of ether oxygens (including phenoxy) is 2. The predicted molar refractivity (Wildman–Crippen MR) is 134 cm³/mol. The quantitative estimate of drug-likeness (QED) is 0.364. The lowest BCUT2D eigenvalue weighted by molar-refractivity contribution is -0.275. The fraction of sp³-hybridized carbons (Fsp3) is 0.967. The van der Waals surface area contributed by atoms with Crippen LogP contribution >= 0.6 is 0 Å². The molecular weight excluding hydrogens is 406 g/mol. The van der Waals surface area contributed by atoms with Crippen LogP contribution in [0.3, 0.4) is 0 Å². The largest absolute Gasteiger partial charge is 0.353 e. The van der Waals surface area contributed by atoms with E-state index in [0.29, 0.717) is 11.3 Å². The number of hydrogen-bond donors (Lipinski definition) is 0. The zero-order valence-corrected chi connectivity index (χ0v) is 22.7. The van der Waals surface area contributed by atoms with Crippen LogP contribution in [0.2, 0.25) is 0 Å². The molecule has 0 aromatic rings. The lowest BCUT2D eigenvalue weighted by Gasteiger charge is -2.65. The van der Waals surface area contributed by atoms with E-state index in [-0.39, 0.29) is 10.8 Å². The average Bonchev–Trinajstić information content (AvgIpc) is 3.15. The molecule has 4 saturated carbocycles. The summed E-state index contributed by atoms with van der Waals surface area (Å²) in [6, 6.07) is 2.88. The summed E-state index contributed by atoms with van der Waals surface area (Å²) in [7, 11) is 3.52. The van der Waals surface area contributed by atoms with Gasteiger partial charge in [-0.3, -0.25) is 0 Å². The summed E-state index contributed by atoms with van der Waals surface area (Å²) in [5, 5.41) is 10.6. The summed E-state index contributed by atoms with van der Waals surface area (Å²) in [6.07, 6.45) is 14.7. The molecule has 0 aromatic carbocycles. The Bertz CT molecular complexity index is 738. The van der Waals surface area contributed by atoms with Gasteiger partial charge in [0.2, 0.25) is 0 Å². The van der Waals surface area contributed by atoms with Crippen LogP contribution in [-0.2, 0) is 9.47 Å². The third-order valence-corrected chi connectivity index (χ3v) is 12.0. The molecule has 4 rings (SSSR count). The van der Waals surface area contributed by atoms with Crippen molar-refractivity contribution >= 4 is 0 Å². The molecule has 0 radical (unpaired) electrons. The first kappa shape index (κ1) is 25.5. The molecule has 8 atom stereocenters.